The van der Waals surface area contributed by atoms with E-state index in [1.807, 2.05) is 6.07 Å². The van der Waals surface area contributed by atoms with Crippen molar-refractivity contribution in [2.45, 2.75) is 30.4 Å². The molecule has 0 saturated carbocycles. The van der Waals surface area contributed by atoms with Crippen LogP contribution in [0.3, 0.4) is 0 Å². The van der Waals surface area contributed by atoms with Crippen LogP contribution >= 0.6 is 11.8 Å². The van der Waals surface area contributed by atoms with Gasteiger partial charge < -0.3 is 14.5 Å². The summed E-state index contributed by atoms with van der Waals surface area (Å²) in [6.07, 6.45) is -0.537. The minimum Gasteiger partial charge on any atom is -0.481 e. The summed E-state index contributed by atoms with van der Waals surface area (Å²) in [5.41, 5.74) is 1.11. The van der Waals surface area contributed by atoms with Crippen molar-refractivity contribution in [3.8, 4) is 11.8 Å². The smallest absolute Gasteiger partial charge is 0.277 e. The zero-order valence-electron chi connectivity index (χ0n) is 15.6. The highest BCUT2D eigenvalue weighted by atomic mass is 32.2. The number of anilines is 1. The SMILES string of the molecule is C[C@H](Oc1ccc(F)cc1)c1nnc(S[C@H](C)C(=O)Nc2ccc(C#N)cc2)o1. The van der Waals surface area contributed by atoms with Crippen molar-refractivity contribution in [3.63, 3.8) is 0 Å². The molecular formula is C20H17FN4O3S. The summed E-state index contributed by atoms with van der Waals surface area (Å²) in [6.45, 7) is 3.44. The topological polar surface area (TPSA) is 101 Å². The fourth-order valence-corrected chi connectivity index (χ4v) is 2.97. The third-order valence-electron chi connectivity index (χ3n) is 3.82. The fraction of sp³-hybridized carbons (Fsp3) is 0.200. The molecule has 7 nitrogen and oxygen atoms in total. The van der Waals surface area contributed by atoms with Gasteiger partial charge in [0.2, 0.25) is 5.91 Å². The molecule has 0 unspecified atom stereocenters. The highest BCUT2D eigenvalue weighted by Gasteiger charge is 2.21. The lowest BCUT2D eigenvalue weighted by molar-refractivity contribution is -0.115. The normalized spacial score (nSPS) is 12.6. The highest BCUT2D eigenvalue weighted by Crippen LogP contribution is 2.27. The number of nitriles is 1. The number of amides is 1. The van der Waals surface area contributed by atoms with Gasteiger partial charge in [-0.25, -0.2) is 4.39 Å². The second kappa shape index (κ2) is 9.21. The van der Waals surface area contributed by atoms with Crippen molar-refractivity contribution in [2.75, 3.05) is 5.32 Å². The lowest BCUT2D eigenvalue weighted by atomic mass is 10.2. The van der Waals surface area contributed by atoms with Crippen molar-refractivity contribution >= 4 is 23.4 Å². The second-order valence-corrected chi connectivity index (χ2v) is 7.35. The number of halogens is 1. The standard InChI is InChI=1S/C20H17FN4O3S/c1-12(27-17-9-5-15(21)6-10-17)19-24-25-20(28-19)29-13(2)18(26)23-16-7-3-14(11-22)4-8-16/h3-10,12-13H,1-2H3,(H,23,26)/t12-,13+/m0/s1. The van der Waals surface area contributed by atoms with E-state index in [9.17, 15) is 9.18 Å². The van der Waals surface area contributed by atoms with Gasteiger partial charge in [0, 0.05) is 5.69 Å². The van der Waals surface area contributed by atoms with E-state index >= 15 is 0 Å². The minimum absolute atomic E-state index is 0.233. The van der Waals surface area contributed by atoms with Gasteiger partial charge in [0.15, 0.2) is 6.10 Å². The quantitative estimate of drug-likeness (QED) is 0.576. The van der Waals surface area contributed by atoms with E-state index in [-0.39, 0.29) is 22.8 Å². The van der Waals surface area contributed by atoms with E-state index in [0.29, 0.717) is 17.0 Å². The highest BCUT2D eigenvalue weighted by molar-refractivity contribution is 8.00. The van der Waals surface area contributed by atoms with Crippen LogP contribution in [0.4, 0.5) is 10.1 Å². The van der Waals surface area contributed by atoms with Gasteiger partial charge in [-0.1, -0.05) is 11.8 Å². The molecule has 0 aliphatic rings. The molecule has 1 aromatic heterocycles. The maximum absolute atomic E-state index is 13.0. The predicted molar refractivity (Wildman–Crippen MR) is 105 cm³/mol. The van der Waals surface area contributed by atoms with Crippen molar-refractivity contribution in [3.05, 3.63) is 65.8 Å². The molecule has 0 aliphatic carbocycles. The third-order valence-corrected chi connectivity index (χ3v) is 4.76. The van der Waals surface area contributed by atoms with Crippen LogP contribution in [-0.4, -0.2) is 21.4 Å². The Balaban J connectivity index is 1.56. The van der Waals surface area contributed by atoms with Crippen LogP contribution in [0.1, 0.15) is 31.4 Å². The molecule has 0 saturated heterocycles. The molecule has 29 heavy (non-hydrogen) atoms. The Morgan fingerprint density at radius 3 is 2.52 bits per heavy atom. The minimum atomic E-state index is -0.537. The first-order chi connectivity index (χ1) is 13.9. The number of hydrogen-bond donors (Lipinski definition) is 1. The van der Waals surface area contributed by atoms with Gasteiger partial charge in [-0.3, -0.25) is 4.79 Å². The summed E-state index contributed by atoms with van der Waals surface area (Å²) >= 11 is 1.12. The van der Waals surface area contributed by atoms with Crippen molar-refractivity contribution < 1.29 is 18.3 Å². The second-order valence-electron chi connectivity index (χ2n) is 6.06. The molecule has 0 spiro atoms. The molecule has 2 aromatic carbocycles. The molecule has 0 fully saturated rings. The van der Waals surface area contributed by atoms with Crippen LogP contribution in [0.2, 0.25) is 0 Å². The summed E-state index contributed by atoms with van der Waals surface area (Å²) in [7, 11) is 0. The molecule has 1 amide bonds. The number of nitrogens with zero attached hydrogens (tertiary/aromatic N) is 3. The zero-order chi connectivity index (χ0) is 20.8. The number of carbonyl (C=O) groups is 1. The molecule has 0 aliphatic heterocycles. The maximum Gasteiger partial charge on any atom is 0.277 e. The van der Waals surface area contributed by atoms with Crippen molar-refractivity contribution in [1.82, 2.24) is 10.2 Å². The predicted octanol–water partition coefficient (Wildman–Crippen LogP) is 4.34. The average molecular weight is 412 g/mol. The number of nitrogens with one attached hydrogen (secondary N) is 1. The third kappa shape index (κ3) is 5.56. The fourth-order valence-electron chi connectivity index (χ4n) is 2.28. The molecule has 3 aromatic rings. The van der Waals surface area contributed by atoms with Gasteiger partial charge in [-0.15, -0.1) is 10.2 Å². The van der Waals surface area contributed by atoms with Crippen molar-refractivity contribution in [2.24, 2.45) is 0 Å². The summed E-state index contributed by atoms with van der Waals surface area (Å²) in [5, 5.41) is 19.2. The number of benzene rings is 2. The monoisotopic (exact) mass is 412 g/mol. The Morgan fingerprint density at radius 2 is 1.86 bits per heavy atom. The molecule has 148 valence electrons. The summed E-state index contributed by atoms with van der Waals surface area (Å²) in [6, 6.07) is 14.2. The number of aromatic nitrogens is 2. The Labute approximate surface area is 170 Å². The number of carbonyl (C=O) groups excluding carboxylic acids is 1. The zero-order valence-corrected chi connectivity index (χ0v) is 16.4. The summed E-state index contributed by atoms with van der Waals surface area (Å²) < 4.78 is 24.2. The molecule has 0 bridgehead atoms. The van der Waals surface area contributed by atoms with Gasteiger partial charge in [0.05, 0.1) is 16.9 Å². The molecule has 0 radical (unpaired) electrons. The van der Waals surface area contributed by atoms with Crippen LogP contribution in [0, 0.1) is 17.1 Å². The molecule has 2 atom stereocenters. The Bertz CT molecular complexity index is 1020. The molecular weight excluding hydrogens is 395 g/mol. The van der Waals surface area contributed by atoms with E-state index in [4.69, 9.17) is 14.4 Å². The van der Waals surface area contributed by atoms with Crippen LogP contribution in [0.25, 0.3) is 0 Å². The van der Waals surface area contributed by atoms with Gasteiger partial charge in [-0.05, 0) is 62.4 Å². The largest absolute Gasteiger partial charge is 0.481 e. The first-order valence-corrected chi connectivity index (χ1v) is 9.56. The Kier molecular flexibility index (Phi) is 6.46. The van der Waals surface area contributed by atoms with E-state index in [1.54, 1.807) is 38.1 Å². The van der Waals surface area contributed by atoms with Gasteiger partial charge in [0.1, 0.15) is 11.6 Å². The van der Waals surface area contributed by atoms with E-state index in [0.717, 1.165) is 11.8 Å². The lowest BCUT2D eigenvalue weighted by Gasteiger charge is -2.11. The number of thioether (sulfide) groups is 1. The summed E-state index contributed by atoms with van der Waals surface area (Å²) in [4.78, 5) is 12.3. The molecule has 1 N–H and O–H groups in total. The maximum atomic E-state index is 13.0. The van der Waals surface area contributed by atoms with Gasteiger partial charge >= 0.3 is 0 Å². The van der Waals surface area contributed by atoms with Crippen LogP contribution in [0.5, 0.6) is 5.75 Å². The van der Waals surface area contributed by atoms with E-state index in [1.165, 1.54) is 24.3 Å². The van der Waals surface area contributed by atoms with E-state index < -0.39 is 11.4 Å². The number of hydrogen-bond acceptors (Lipinski definition) is 7. The first-order valence-electron chi connectivity index (χ1n) is 8.68. The van der Waals surface area contributed by atoms with Gasteiger partial charge in [-0.2, -0.15) is 5.26 Å². The van der Waals surface area contributed by atoms with E-state index in [2.05, 4.69) is 15.5 Å². The molecule has 1 heterocycles. The summed E-state index contributed by atoms with van der Waals surface area (Å²) in [5.74, 6) is 0.128. The number of rotatable bonds is 7. The van der Waals surface area contributed by atoms with Crippen LogP contribution in [0.15, 0.2) is 58.2 Å². The molecule has 3 rings (SSSR count). The Hall–Kier alpha value is -3.38. The van der Waals surface area contributed by atoms with Crippen molar-refractivity contribution in [1.29, 1.82) is 5.26 Å². The van der Waals surface area contributed by atoms with Gasteiger partial charge in [0.25, 0.3) is 11.1 Å². The first kappa shape index (κ1) is 20.4. The van der Waals surface area contributed by atoms with Crippen LogP contribution in [-0.2, 0) is 4.79 Å². The Morgan fingerprint density at radius 1 is 1.17 bits per heavy atom. The molecule has 9 heteroatoms. The number of ether oxygens (including phenoxy) is 1. The average Bonchev–Trinajstić information content (AvgIpc) is 3.19. The lowest BCUT2D eigenvalue weighted by Crippen LogP contribution is -2.22. The van der Waals surface area contributed by atoms with Crippen LogP contribution < -0.4 is 10.1 Å².